The lowest BCUT2D eigenvalue weighted by atomic mass is 10.1. The lowest BCUT2D eigenvalue weighted by Crippen LogP contribution is -2.15. The summed E-state index contributed by atoms with van der Waals surface area (Å²) in [4.78, 5) is 11.6. The van der Waals surface area contributed by atoms with Gasteiger partial charge >= 0.3 is 0 Å². The predicted molar refractivity (Wildman–Crippen MR) is 77.9 cm³/mol. The third-order valence-electron chi connectivity index (χ3n) is 2.79. The molecule has 1 aromatic rings. The van der Waals surface area contributed by atoms with Crippen molar-refractivity contribution in [2.45, 2.75) is 46.6 Å². The molecule has 0 bridgehead atoms. The molecule has 0 saturated carbocycles. The molecule has 0 aliphatic carbocycles. The highest BCUT2D eigenvalue weighted by molar-refractivity contribution is 5.90. The SMILES string of the molecule is CCC(C)Nc1ccc(NC(=O)CC(C)C)cc1. The Balaban J connectivity index is 2.52. The van der Waals surface area contributed by atoms with Crippen molar-refractivity contribution >= 4 is 17.3 Å². The Bertz CT molecular complexity index is 371. The van der Waals surface area contributed by atoms with Crippen LogP contribution in [0.2, 0.25) is 0 Å². The van der Waals surface area contributed by atoms with E-state index in [2.05, 4.69) is 24.5 Å². The molecule has 1 amide bonds. The number of rotatable bonds is 6. The molecule has 0 spiro atoms. The third kappa shape index (κ3) is 5.21. The van der Waals surface area contributed by atoms with Crippen LogP contribution in [0.25, 0.3) is 0 Å². The van der Waals surface area contributed by atoms with E-state index in [1.165, 1.54) is 0 Å². The predicted octanol–water partition coefficient (Wildman–Crippen LogP) is 3.88. The largest absolute Gasteiger partial charge is 0.383 e. The zero-order chi connectivity index (χ0) is 13.5. The van der Waals surface area contributed by atoms with Crippen LogP contribution in [0, 0.1) is 5.92 Å². The Morgan fingerprint density at radius 1 is 1.11 bits per heavy atom. The van der Waals surface area contributed by atoms with Gasteiger partial charge in [0.05, 0.1) is 0 Å². The number of carbonyl (C=O) groups excluding carboxylic acids is 1. The Hall–Kier alpha value is -1.51. The molecule has 1 rings (SSSR count). The second-order valence-corrected chi connectivity index (χ2v) is 5.18. The molecule has 1 aromatic carbocycles. The minimum absolute atomic E-state index is 0.0765. The highest BCUT2D eigenvalue weighted by Gasteiger charge is 2.05. The molecule has 1 unspecified atom stereocenters. The van der Waals surface area contributed by atoms with Crippen molar-refractivity contribution < 1.29 is 4.79 Å². The Morgan fingerprint density at radius 2 is 1.67 bits per heavy atom. The van der Waals surface area contributed by atoms with Gasteiger partial charge < -0.3 is 10.6 Å². The number of benzene rings is 1. The fourth-order valence-electron chi connectivity index (χ4n) is 1.62. The van der Waals surface area contributed by atoms with Crippen LogP contribution in [0.1, 0.15) is 40.5 Å². The number of hydrogen-bond donors (Lipinski definition) is 2. The first kappa shape index (κ1) is 14.6. The topological polar surface area (TPSA) is 41.1 Å². The minimum Gasteiger partial charge on any atom is -0.383 e. The fourth-order valence-corrected chi connectivity index (χ4v) is 1.62. The van der Waals surface area contributed by atoms with Gasteiger partial charge in [-0.15, -0.1) is 0 Å². The lowest BCUT2D eigenvalue weighted by molar-refractivity contribution is -0.116. The second kappa shape index (κ2) is 7.04. The van der Waals surface area contributed by atoms with Gasteiger partial charge in [-0.3, -0.25) is 4.79 Å². The summed E-state index contributed by atoms with van der Waals surface area (Å²) < 4.78 is 0. The quantitative estimate of drug-likeness (QED) is 0.802. The molecule has 0 aliphatic heterocycles. The highest BCUT2D eigenvalue weighted by atomic mass is 16.1. The maximum absolute atomic E-state index is 11.6. The Morgan fingerprint density at radius 3 is 2.17 bits per heavy atom. The molecule has 0 heterocycles. The van der Waals surface area contributed by atoms with Crippen molar-refractivity contribution in [3.05, 3.63) is 24.3 Å². The summed E-state index contributed by atoms with van der Waals surface area (Å²) in [5.41, 5.74) is 1.95. The molecule has 3 heteroatoms. The molecule has 0 saturated heterocycles. The zero-order valence-electron chi connectivity index (χ0n) is 11.8. The van der Waals surface area contributed by atoms with E-state index in [0.29, 0.717) is 18.4 Å². The summed E-state index contributed by atoms with van der Waals surface area (Å²) in [7, 11) is 0. The molecule has 1 atom stereocenters. The molecular weight excluding hydrogens is 224 g/mol. The molecule has 0 aliphatic rings. The van der Waals surface area contributed by atoms with Gasteiger partial charge in [0.15, 0.2) is 0 Å². The van der Waals surface area contributed by atoms with Crippen LogP contribution in [-0.4, -0.2) is 11.9 Å². The van der Waals surface area contributed by atoms with E-state index in [-0.39, 0.29) is 5.91 Å². The number of anilines is 2. The van der Waals surface area contributed by atoms with E-state index >= 15 is 0 Å². The van der Waals surface area contributed by atoms with Gasteiger partial charge in [-0.1, -0.05) is 20.8 Å². The van der Waals surface area contributed by atoms with Gasteiger partial charge in [-0.05, 0) is 43.5 Å². The van der Waals surface area contributed by atoms with E-state index < -0.39 is 0 Å². The number of hydrogen-bond acceptors (Lipinski definition) is 2. The minimum atomic E-state index is 0.0765. The van der Waals surface area contributed by atoms with Crippen LogP contribution in [0.4, 0.5) is 11.4 Å². The molecule has 0 radical (unpaired) electrons. The maximum atomic E-state index is 11.6. The maximum Gasteiger partial charge on any atom is 0.224 e. The van der Waals surface area contributed by atoms with Gasteiger partial charge in [0.25, 0.3) is 0 Å². The van der Waals surface area contributed by atoms with Crippen molar-refractivity contribution in [2.75, 3.05) is 10.6 Å². The first-order valence-corrected chi connectivity index (χ1v) is 6.67. The Kier molecular flexibility index (Phi) is 5.69. The van der Waals surface area contributed by atoms with Gasteiger partial charge in [-0.2, -0.15) is 0 Å². The number of amides is 1. The van der Waals surface area contributed by atoms with Gasteiger partial charge in [0, 0.05) is 23.8 Å². The van der Waals surface area contributed by atoms with E-state index in [4.69, 9.17) is 0 Å². The van der Waals surface area contributed by atoms with Crippen LogP contribution in [0.5, 0.6) is 0 Å². The fraction of sp³-hybridized carbons (Fsp3) is 0.533. The lowest BCUT2D eigenvalue weighted by Gasteiger charge is -2.13. The van der Waals surface area contributed by atoms with Crippen molar-refractivity contribution in [1.29, 1.82) is 0 Å². The summed E-state index contributed by atoms with van der Waals surface area (Å²) in [6, 6.07) is 8.33. The van der Waals surface area contributed by atoms with Crippen LogP contribution in [-0.2, 0) is 4.79 Å². The summed E-state index contributed by atoms with van der Waals surface area (Å²) in [6.07, 6.45) is 1.65. The van der Waals surface area contributed by atoms with Crippen LogP contribution in [0.3, 0.4) is 0 Å². The Labute approximate surface area is 110 Å². The van der Waals surface area contributed by atoms with E-state index in [9.17, 15) is 4.79 Å². The summed E-state index contributed by atoms with van der Waals surface area (Å²) in [5, 5.41) is 6.29. The highest BCUT2D eigenvalue weighted by Crippen LogP contribution is 2.15. The van der Waals surface area contributed by atoms with Crippen LogP contribution in [0.15, 0.2) is 24.3 Å². The molecule has 18 heavy (non-hydrogen) atoms. The average Bonchev–Trinajstić information content (AvgIpc) is 2.30. The molecule has 0 fully saturated rings. The first-order chi connectivity index (χ1) is 8.51. The number of carbonyl (C=O) groups is 1. The van der Waals surface area contributed by atoms with Crippen molar-refractivity contribution in [2.24, 2.45) is 5.92 Å². The van der Waals surface area contributed by atoms with Crippen molar-refractivity contribution in [3.8, 4) is 0 Å². The smallest absolute Gasteiger partial charge is 0.224 e. The molecule has 100 valence electrons. The van der Waals surface area contributed by atoms with Gasteiger partial charge in [0.2, 0.25) is 5.91 Å². The first-order valence-electron chi connectivity index (χ1n) is 6.67. The zero-order valence-corrected chi connectivity index (χ0v) is 11.8. The molecule has 3 nitrogen and oxygen atoms in total. The van der Waals surface area contributed by atoms with Crippen molar-refractivity contribution in [3.63, 3.8) is 0 Å². The summed E-state index contributed by atoms with van der Waals surface area (Å²) in [5.74, 6) is 0.462. The number of nitrogens with one attached hydrogen (secondary N) is 2. The van der Waals surface area contributed by atoms with E-state index in [1.807, 2.05) is 38.1 Å². The van der Waals surface area contributed by atoms with Gasteiger partial charge in [-0.25, -0.2) is 0 Å². The second-order valence-electron chi connectivity index (χ2n) is 5.18. The third-order valence-corrected chi connectivity index (χ3v) is 2.79. The monoisotopic (exact) mass is 248 g/mol. The molecule has 0 aromatic heterocycles. The molecule has 2 N–H and O–H groups in total. The normalized spacial score (nSPS) is 12.3. The molecular formula is C15H24N2O. The van der Waals surface area contributed by atoms with Crippen LogP contribution >= 0.6 is 0 Å². The summed E-state index contributed by atoms with van der Waals surface area (Å²) >= 11 is 0. The van der Waals surface area contributed by atoms with E-state index in [1.54, 1.807) is 0 Å². The van der Waals surface area contributed by atoms with Gasteiger partial charge in [0.1, 0.15) is 0 Å². The van der Waals surface area contributed by atoms with Crippen molar-refractivity contribution in [1.82, 2.24) is 0 Å². The standard InChI is InChI=1S/C15H24N2O/c1-5-12(4)16-13-6-8-14(9-7-13)17-15(18)10-11(2)3/h6-9,11-12,16H,5,10H2,1-4H3,(H,17,18). The van der Waals surface area contributed by atoms with Crippen LogP contribution < -0.4 is 10.6 Å². The van der Waals surface area contributed by atoms with E-state index in [0.717, 1.165) is 17.8 Å². The summed E-state index contributed by atoms with van der Waals surface area (Å²) in [6.45, 7) is 8.38. The average molecular weight is 248 g/mol.